The van der Waals surface area contributed by atoms with E-state index in [0.717, 1.165) is 11.1 Å². The van der Waals surface area contributed by atoms with Crippen LogP contribution in [0, 0.1) is 17.0 Å². The number of hydrogen-bond acceptors (Lipinski definition) is 4. The van der Waals surface area contributed by atoms with E-state index in [1.807, 2.05) is 6.07 Å². The number of nitrogens with zero attached hydrogens (tertiary/aromatic N) is 1. The third-order valence-corrected chi connectivity index (χ3v) is 3.13. The van der Waals surface area contributed by atoms with Crippen LogP contribution in [0.15, 0.2) is 12.1 Å². The van der Waals surface area contributed by atoms with Crippen molar-refractivity contribution in [2.75, 3.05) is 6.61 Å². The van der Waals surface area contributed by atoms with Crippen molar-refractivity contribution in [3.63, 3.8) is 0 Å². The molecule has 0 saturated heterocycles. The Morgan fingerprint density at radius 1 is 1.50 bits per heavy atom. The minimum Gasteiger partial charge on any atom is -0.466 e. The second kappa shape index (κ2) is 6.49. The van der Waals surface area contributed by atoms with Crippen molar-refractivity contribution in [2.24, 2.45) is 0 Å². The van der Waals surface area contributed by atoms with Crippen molar-refractivity contribution in [3.05, 3.63) is 38.9 Å². The molecule has 1 rings (SSSR count). The highest BCUT2D eigenvalue weighted by Crippen LogP contribution is 2.26. The summed E-state index contributed by atoms with van der Waals surface area (Å²) >= 11 is 3.26. The highest BCUT2D eigenvalue weighted by molar-refractivity contribution is 9.08. The average molecular weight is 316 g/mol. The zero-order valence-corrected chi connectivity index (χ0v) is 11.8. The van der Waals surface area contributed by atoms with Crippen LogP contribution in [0.5, 0.6) is 0 Å². The summed E-state index contributed by atoms with van der Waals surface area (Å²) in [5.74, 6) is -0.449. The molecule has 0 atom stereocenters. The number of nitro groups is 1. The van der Waals surface area contributed by atoms with Gasteiger partial charge in [0.25, 0.3) is 5.69 Å². The van der Waals surface area contributed by atoms with Gasteiger partial charge in [0.2, 0.25) is 0 Å². The van der Waals surface area contributed by atoms with Gasteiger partial charge in [-0.15, -0.1) is 0 Å². The molecular weight excluding hydrogens is 302 g/mol. The first-order chi connectivity index (χ1) is 8.49. The van der Waals surface area contributed by atoms with E-state index in [0.29, 0.717) is 10.9 Å². The maximum Gasteiger partial charge on any atom is 0.310 e. The van der Waals surface area contributed by atoms with E-state index < -0.39 is 10.9 Å². The second-order valence-electron chi connectivity index (χ2n) is 3.78. The van der Waals surface area contributed by atoms with Crippen molar-refractivity contribution in [3.8, 4) is 0 Å². The van der Waals surface area contributed by atoms with Crippen molar-refractivity contribution >= 4 is 27.6 Å². The summed E-state index contributed by atoms with van der Waals surface area (Å²) in [4.78, 5) is 22.0. The third-order valence-electron chi connectivity index (χ3n) is 2.49. The number of hydrogen-bond donors (Lipinski definition) is 0. The van der Waals surface area contributed by atoms with Crippen molar-refractivity contribution < 1.29 is 14.5 Å². The number of benzene rings is 1. The van der Waals surface area contributed by atoms with Crippen molar-refractivity contribution in [1.82, 2.24) is 0 Å². The minimum atomic E-state index is -0.465. The number of esters is 1. The Morgan fingerprint density at radius 3 is 2.67 bits per heavy atom. The van der Waals surface area contributed by atoms with Gasteiger partial charge in [-0.05, 0) is 25.0 Å². The predicted octanol–water partition coefficient (Wildman–Crippen LogP) is 2.90. The summed E-state index contributed by atoms with van der Waals surface area (Å²) in [6, 6.07) is 3.31. The molecule has 0 N–H and O–H groups in total. The summed E-state index contributed by atoms with van der Waals surface area (Å²) < 4.78 is 4.82. The van der Waals surface area contributed by atoms with Crippen LogP contribution >= 0.6 is 15.9 Å². The third kappa shape index (κ3) is 3.53. The first kappa shape index (κ1) is 14.6. The Bertz CT molecular complexity index is 473. The minimum absolute atomic E-state index is 0.0301. The highest BCUT2D eigenvalue weighted by Gasteiger charge is 2.20. The molecule has 0 aromatic heterocycles. The molecule has 98 valence electrons. The van der Waals surface area contributed by atoms with Gasteiger partial charge in [-0.1, -0.05) is 22.0 Å². The molecule has 0 fully saturated rings. The summed E-state index contributed by atoms with van der Waals surface area (Å²) in [5.41, 5.74) is 1.93. The largest absolute Gasteiger partial charge is 0.466 e. The molecular formula is C12H14BrNO4. The van der Waals surface area contributed by atoms with Gasteiger partial charge in [0.15, 0.2) is 0 Å². The number of halogens is 1. The number of carbonyl (C=O) groups is 1. The Kier molecular flexibility index (Phi) is 5.27. The lowest BCUT2D eigenvalue weighted by Gasteiger charge is -2.08. The van der Waals surface area contributed by atoms with Crippen LogP contribution in [0.3, 0.4) is 0 Å². The van der Waals surface area contributed by atoms with E-state index >= 15 is 0 Å². The second-order valence-corrected chi connectivity index (χ2v) is 4.34. The van der Waals surface area contributed by atoms with Crippen LogP contribution in [-0.2, 0) is 21.3 Å². The number of alkyl halides is 1. The summed E-state index contributed by atoms with van der Waals surface area (Å²) in [6.07, 6.45) is -0.0709. The molecule has 0 amide bonds. The Morgan fingerprint density at radius 2 is 2.17 bits per heavy atom. The van der Waals surface area contributed by atoms with Crippen LogP contribution in [0.25, 0.3) is 0 Å². The molecule has 1 aromatic carbocycles. The number of aryl methyl sites for hydroxylation is 1. The molecule has 0 heterocycles. The molecule has 0 aliphatic carbocycles. The lowest BCUT2D eigenvalue weighted by Crippen LogP contribution is -2.10. The summed E-state index contributed by atoms with van der Waals surface area (Å²) in [6.45, 7) is 3.73. The van der Waals surface area contributed by atoms with Crippen LogP contribution in [-0.4, -0.2) is 17.5 Å². The van der Waals surface area contributed by atoms with Crippen LogP contribution in [0.2, 0.25) is 0 Å². The van der Waals surface area contributed by atoms with E-state index in [4.69, 9.17) is 4.74 Å². The topological polar surface area (TPSA) is 69.4 Å². The lowest BCUT2D eigenvalue weighted by atomic mass is 10.0. The van der Waals surface area contributed by atoms with Crippen LogP contribution in [0.1, 0.15) is 23.6 Å². The van der Waals surface area contributed by atoms with Gasteiger partial charge in [-0.2, -0.15) is 0 Å². The monoisotopic (exact) mass is 315 g/mol. The molecule has 0 bridgehead atoms. The molecule has 0 spiro atoms. The first-order valence-corrected chi connectivity index (χ1v) is 6.60. The molecule has 0 unspecified atom stereocenters. The zero-order valence-electron chi connectivity index (χ0n) is 10.2. The molecule has 6 heteroatoms. The van der Waals surface area contributed by atoms with Crippen LogP contribution < -0.4 is 0 Å². The van der Waals surface area contributed by atoms with Crippen LogP contribution in [0.4, 0.5) is 5.69 Å². The smallest absolute Gasteiger partial charge is 0.310 e. The van der Waals surface area contributed by atoms with Gasteiger partial charge in [0.05, 0.1) is 18.0 Å². The number of nitro benzene ring substituents is 1. The highest BCUT2D eigenvalue weighted by atomic mass is 79.9. The normalized spacial score (nSPS) is 10.2. The Balaban J connectivity index is 3.16. The summed E-state index contributed by atoms with van der Waals surface area (Å²) in [7, 11) is 0. The fraction of sp³-hybridized carbons (Fsp3) is 0.417. The first-order valence-electron chi connectivity index (χ1n) is 5.48. The maximum atomic E-state index is 11.4. The van der Waals surface area contributed by atoms with Crippen molar-refractivity contribution in [2.45, 2.75) is 25.6 Å². The maximum absolute atomic E-state index is 11.4. The lowest BCUT2D eigenvalue weighted by molar-refractivity contribution is -0.385. The fourth-order valence-electron chi connectivity index (χ4n) is 1.70. The fourth-order valence-corrected chi connectivity index (χ4v) is 2.02. The van der Waals surface area contributed by atoms with Gasteiger partial charge in [-0.3, -0.25) is 14.9 Å². The van der Waals surface area contributed by atoms with Gasteiger partial charge >= 0.3 is 5.97 Å². The molecule has 5 nitrogen and oxygen atoms in total. The number of carbonyl (C=O) groups excluding carboxylic acids is 1. The molecule has 0 aliphatic heterocycles. The van der Waals surface area contributed by atoms with Crippen molar-refractivity contribution in [1.29, 1.82) is 0 Å². The van der Waals surface area contributed by atoms with E-state index in [9.17, 15) is 14.9 Å². The zero-order chi connectivity index (χ0) is 13.7. The van der Waals surface area contributed by atoms with Gasteiger partial charge < -0.3 is 4.74 Å². The number of rotatable bonds is 5. The Hall–Kier alpha value is -1.43. The van der Waals surface area contributed by atoms with E-state index in [-0.39, 0.29) is 18.7 Å². The van der Waals surface area contributed by atoms with Gasteiger partial charge in [0, 0.05) is 17.0 Å². The molecule has 0 saturated carbocycles. The summed E-state index contributed by atoms with van der Waals surface area (Å²) in [5, 5.41) is 11.6. The molecule has 0 aliphatic rings. The molecule has 0 radical (unpaired) electrons. The molecule has 1 aromatic rings. The van der Waals surface area contributed by atoms with E-state index in [2.05, 4.69) is 15.9 Å². The van der Waals surface area contributed by atoms with E-state index in [1.165, 1.54) is 6.07 Å². The molecule has 18 heavy (non-hydrogen) atoms. The SMILES string of the molecule is CCOC(=O)Cc1c(C)cc(CBr)cc1[N+](=O)[O-]. The van der Waals surface area contributed by atoms with Gasteiger partial charge in [0.1, 0.15) is 0 Å². The standard InChI is InChI=1S/C12H14BrNO4/c1-3-18-12(15)6-10-8(2)4-9(7-13)5-11(10)14(16)17/h4-5H,3,6-7H2,1-2H3. The average Bonchev–Trinajstić information content (AvgIpc) is 2.31. The Labute approximate surface area is 113 Å². The predicted molar refractivity (Wildman–Crippen MR) is 70.8 cm³/mol. The van der Waals surface area contributed by atoms with Gasteiger partial charge in [-0.25, -0.2) is 0 Å². The number of ether oxygens (including phenoxy) is 1. The quantitative estimate of drug-likeness (QED) is 0.362. The van der Waals surface area contributed by atoms with E-state index in [1.54, 1.807) is 13.8 Å².